The Labute approximate surface area is 220 Å². The molecule has 36 heavy (non-hydrogen) atoms. The van der Waals surface area contributed by atoms with E-state index in [9.17, 15) is 45.3 Å². The first kappa shape index (κ1) is 33.3. The quantitative estimate of drug-likeness (QED) is 0.163. The number of phenols is 2. The van der Waals surface area contributed by atoms with E-state index in [0.29, 0.717) is 11.1 Å². The summed E-state index contributed by atoms with van der Waals surface area (Å²) >= 11 is 0. The smallest absolute Gasteiger partial charge is 0.317 e. The number of hydrogen-bond donors (Lipinski definition) is 7. The van der Waals surface area contributed by atoms with Crippen molar-refractivity contribution >= 4 is 11.9 Å². The first-order valence-electron chi connectivity index (χ1n) is 10.5. The normalized spacial score (nSPS) is 11.6. The van der Waals surface area contributed by atoms with Crippen LogP contribution in [-0.4, -0.2) is 89.8 Å². The van der Waals surface area contributed by atoms with E-state index in [-0.39, 0.29) is 66.8 Å². The van der Waals surface area contributed by atoms with Crippen LogP contribution in [0.4, 0.5) is 0 Å². The summed E-state index contributed by atoms with van der Waals surface area (Å²) in [5.41, 5.74) is 1.24. The van der Waals surface area contributed by atoms with Crippen molar-refractivity contribution < 1.29 is 62.4 Å². The molecule has 7 N–H and O–H groups in total. The van der Waals surface area contributed by atoms with Gasteiger partial charge in [-0.15, -0.1) is 0 Å². The van der Waals surface area contributed by atoms with Gasteiger partial charge in [-0.2, -0.15) is 0 Å². The Kier molecular flexibility index (Phi) is 14.9. The number of aliphatic hydroxyl groups is 3. The Morgan fingerprint density at radius 1 is 0.750 bits per heavy atom. The fraction of sp³-hybridized carbons (Fsp3) is 0.417. The van der Waals surface area contributed by atoms with E-state index in [1.807, 2.05) is 0 Å². The molecular weight excluding hydrogens is 516 g/mol. The van der Waals surface area contributed by atoms with E-state index in [0.717, 1.165) is 0 Å². The van der Waals surface area contributed by atoms with Crippen LogP contribution in [-0.2, 0) is 53.0 Å². The number of para-hydroxylation sites is 2. The average molecular weight is 550 g/mol. The molecule has 0 aromatic heterocycles. The molecule has 0 fully saturated rings. The van der Waals surface area contributed by atoms with E-state index < -0.39 is 50.9 Å². The van der Waals surface area contributed by atoms with Crippen LogP contribution in [0.5, 0.6) is 11.5 Å². The molecule has 0 heterocycles. The SMILES string of the molecule is C.O=C(O)CN(Cc1cccc(CO)c1O)CC(CO)N(CC(=O)O)Cc1cccc(CO)c1O.[Fe]. The minimum atomic E-state index is -1.19. The van der Waals surface area contributed by atoms with Gasteiger partial charge in [-0.3, -0.25) is 19.4 Å². The second kappa shape index (κ2) is 16.1. The summed E-state index contributed by atoms with van der Waals surface area (Å²) in [6, 6.07) is 8.55. The predicted octanol–water partition coefficient (Wildman–Crippen LogP) is 0.550. The van der Waals surface area contributed by atoms with Crippen LogP contribution in [0.2, 0.25) is 0 Å². The third-order valence-corrected chi connectivity index (χ3v) is 5.41. The largest absolute Gasteiger partial charge is 0.507 e. The van der Waals surface area contributed by atoms with E-state index >= 15 is 0 Å². The van der Waals surface area contributed by atoms with Crippen LogP contribution >= 0.6 is 0 Å². The monoisotopic (exact) mass is 550 g/mol. The number of aliphatic hydroxyl groups excluding tert-OH is 3. The molecule has 1 atom stereocenters. The van der Waals surface area contributed by atoms with Gasteiger partial charge in [0.05, 0.1) is 32.9 Å². The van der Waals surface area contributed by atoms with Crippen molar-refractivity contribution in [3.8, 4) is 11.5 Å². The van der Waals surface area contributed by atoms with Gasteiger partial charge in [0, 0.05) is 65.0 Å². The zero-order valence-corrected chi connectivity index (χ0v) is 20.0. The van der Waals surface area contributed by atoms with Crippen molar-refractivity contribution in [2.24, 2.45) is 0 Å². The third kappa shape index (κ3) is 9.40. The summed E-state index contributed by atoms with van der Waals surface area (Å²) in [6.45, 7) is -2.46. The molecule has 0 aliphatic heterocycles. The number of nitrogens with zero attached hydrogens (tertiary/aromatic N) is 2. The molecule has 2 aromatic carbocycles. The molecular formula is C24H34FeN2O9. The van der Waals surface area contributed by atoms with Crippen molar-refractivity contribution in [3.05, 3.63) is 58.7 Å². The summed E-state index contributed by atoms with van der Waals surface area (Å²) in [7, 11) is 0. The molecule has 0 aliphatic rings. The third-order valence-electron chi connectivity index (χ3n) is 5.41. The van der Waals surface area contributed by atoms with Gasteiger partial charge in [-0.25, -0.2) is 0 Å². The summed E-state index contributed by atoms with van der Waals surface area (Å²) in [5, 5.41) is 68.3. The number of carboxylic acid groups (broad SMARTS) is 2. The molecule has 11 nitrogen and oxygen atoms in total. The predicted molar refractivity (Wildman–Crippen MR) is 127 cm³/mol. The zero-order valence-electron chi connectivity index (χ0n) is 18.9. The van der Waals surface area contributed by atoms with E-state index in [4.69, 9.17) is 0 Å². The maximum atomic E-state index is 11.5. The van der Waals surface area contributed by atoms with Crippen molar-refractivity contribution in [2.45, 2.75) is 39.8 Å². The Balaban J connectivity index is 0.00000612. The molecule has 0 spiro atoms. The first-order valence-corrected chi connectivity index (χ1v) is 10.5. The second-order valence-corrected chi connectivity index (χ2v) is 7.86. The van der Waals surface area contributed by atoms with Gasteiger partial charge in [0.2, 0.25) is 0 Å². The number of carbonyl (C=O) groups is 2. The molecule has 2 rings (SSSR count). The summed E-state index contributed by atoms with van der Waals surface area (Å²) in [6.07, 6.45) is 0. The Morgan fingerprint density at radius 3 is 1.61 bits per heavy atom. The maximum absolute atomic E-state index is 11.5. The molecule has 0 saturated carbocycles. The standard InChI is InChI=1S/C23H30N2O9.CH4.Fe/c26-12-17-5-1-3-15(22(17)33)7-24(10-20(29)30)9-19(14-28)25(11-21(31)32)8-16-4-2-6-18(13-27)23(16)34;;/h1-6,19,26-28,33-34H,7-14H2,(H,29,30)(H,31,32);1H4;. The molecule has 0 bridgehead atoms. The molecule has 202 valence electrons. The van der Waals surface area contributed by atoms with Crippen LogP contribution in [0.15, 0.2) is 36.4 Å². The number of rotatable bonds is 14. The van der Waals surface area contributed by atoms with Gasteiger partial charge in [-0.05, 0) is 0 Å². The summed E-state index contributed by atoms with van der Waals surface area (Å²) in [4.78, 5) is 25.8. The molecule has 2 aromatic rings. The van der Waals surface area contributed by atoms with Crippen LogP contribution in [0, 0.1) is 0 Å². The van der Waals surface area contributed by atoms with Gasteiger partial charge in [0.25, 0.3) is 0 Å². The van der Waals surface area contributed by atoms with Gasteiger partial charge >= 0.3 is 11.9 Å². The summed E-state index contributed by atoms with van der Waals surface area (Å²) in [5.74, 6) is -2.71. The van der Waals surface area contributed by atoms with Gasteiger partial charge < -0.3 is 35.7 Å². The molecule has 0 radical (unpaired) electrons. The van der Waals surface area contributed by atoms with Crippen LogP contribution in [0.1, 0.15) is 29.7 Å². The number of aromatic hydroxyl groups is 2. The zero-order chi connectivity index (χ0) is 25.3. The number of aliphatic carboxylic acids is 2. The van der Waals surface area contributed by atoms with Crippen LogP contribution in [0.25, 0.3) is 0 Å². The number of hydrogen-bond acceptors (Lipinski definition) is 9. The van der Waals surface area contributed by atoms with E-state index in [2.05, 4.69) is 0 Å². The molecule has 0 amide bonds. The van der Waals surface area contributed by atoms with Crippen molar-refractivity contribution in [1.82, 2.24) is 9.80 Å². The Morgan fingerprint density at radius 2 is 1.19 bits per heavy atom. The van der Waals surface area contributed by atoms with Gasteiger partial charge in [-0.1, -0.05) is 43.8 Å². The Hall–Kier alpha value is -2.70. The molecule has 0 aliphatic carbocycles. The minimum absolute atomic E-state index is 0. The van der Waals surface area contributed by atoms with E-state index in [1.54, 1.807) is 24.3 Å². The number of carboxylic acids is 2. The van der Waals surface area contributed by atoms with Crippen molar-refractivity contribution in [3.63, 3.8) is 0 Å². The number of benzene rings is 2. The fourth-order valence-electron chi connectivity index (χ4n) is 3.71. The van der Waals surface area contributed by atoms with Crippen molar-refractivity contribution in [1.29, 1.82) is 0 Å². The van der Waals surface area contributed by atoms with Crippen LogP contribution in [0.3, 0.4) is 0 Å². The van der Waals surface area contributed by atoms with Crippen LogP contribution < -0.4 is 0 Å². The molecule has 1 unspecified atom stereocenters. The summed E-state index contributed by atoms with van der Waals surface area (Å²) < 4.78 is 0. The topological polar surface area (TPSA) is 182 Å². The minimum Gasteiger partial charge on any atom is -0.507 e. The van der Waals surface area contributed by atoms with Gasteiger partial charge in [0.15, 0.2) is 0 Å². The average Bonchev–Trinajstić information content (AvgIpc) is 2.78. The maximum Gasteiger partial charge on any atom is 0.317 e. The van der Waals surface area contributed by atoms with E-state index in [1.165, 1.54) is 21.9 Å². The fourth-order valence-corrected chi connectivity index (χ4v) is 3.71. The first-order chi connectivity index (χ1) is 16.2. The second-order valence-electron chi connectivity index (χ2n) is 7.86. The van der Waals surface area contributed by atoms with Crippen molar-refractivity contribution in [2.75, 3.05) is 26.2 Å². The molecule has 0 saturated heterocycles. The van der Waals surface area contributed by atoms with Gasteiger partial charge in [0.1, 0.15) is 11.5 Å². The molecule has 12 heteroatoms. The Bertz CT molecular complexity index is 990.